The SMILES string of the molecule is CN(Cc1ccc(F)cc1F)C(=O)Nc1ccc2c(c1)OCC(=O)N2. The largest absolute Gasteiger partial charge is 0.482 e. The molecule has 1 aliphatic heterocycles. The average molecular weight is 347 g/mol. The molecule has 0 fully saturated rings. The molecule has 1 heterocycles. The molecule has 25 heavy (non-hydrogen) atoms. The number of nitrogens with zero attached hydrogens (tertiary/aromatic N) is 1. The van der Waals surface area contributed by atoms with Gasteiger partial charge in [0.05, 0.1) is 5.69 Å². The van der Waals surface area contributed by atoms with E-state index >= 15 is 0 Å². The van der Waals surface area contributed by atoms with Crippen LogP contribution in [0.2, 0.25) is 0 Å². The van der Waals surface area contributed by atoms with E-state index in [-0.39, 0.29) is 24.6 Å². The van der Waals surface area contributed by atoms with E-state index in [0.717, 1.165) is 12.1 Å². The fraction of sp³-hybridized carbons (Fsp3) is 0.176. The summed E-state index contributed by atoms with van der Waals surface area (Å²) in [5.74, 6) is -1.18. The van der Waals surface area contributed by atoms with Crippen LogP contribution in [0, 0.1) is 11.6 Å². The Balaban J connectivity index is 1.66. The predicted octanol–water partition coefficient (Wildman–Crippen LogP) is 2.96. The van der Waals surface area contributed by atoms with Crippen molar-refractivity contribution in [3.8, 4) is 5.75 Å². The molecule has 1 aliphatic rings. The number of nitrogens with one attached hydrogen (secondary N) is 2. The van der Waals surface area contributed by atoms with Gasteiger partial charge in [-0.05, 0) is 18.2 Å². The number of urea groups is 1. The lowest BCUT2D eigenvalue weighted by Crippen LogP contribution is -2.31. The van der Waals surface area contributed by atoms with E-state index in [1.54, 1.807) is 18.2 Å². The third-order valence-electron chi connectivity index (χ3n) is 3.64. The van der Waals surface area contributed by atoms with Crippen LogP contribution >= 0.6 is 0 Å². The fourth-order valence-corrected chi connectivity index (χ4v) is 2.35. The maximum Gasteiger partial charge on any atom is 0.321 e. The highest BCUT2D eigenvalue weighted by Crippen LogP contribution is 2.30. The van der Waals surface area contributed by atoms with Gasteiger partial charge >= 0.3 is 6.03 Å². The van der Waals surface area contributed by atoms with Crippen LogP contribution < -0.4 is 15.4 Å². The van der Waals surface area contributed by atoms with Crippen LogP contribution in [0.4, 0.5) is 25.0 Å². The van der Waals surface area contributed by atoms with Gasteiger partial charge in [-0.1, -0.05) is 6.07 Å². The van der Waals surface area contributed by atoms with Crippen LogP contribution in [0.25, 0.3) is 0 Å². The highest BCUT2D eigenvalue weighted by molar-refractivity contribution is 5.96. The van der Waals surface area contributed by atoms with Gasteiger partial charge in [0.15, 0.2) is 6.61 Å². The molecule has 0 aromatic heterocycles. The van der Waals surface area contributed by atoms with Gasteiger partial charge < -0.3 is 20.3 Å². The first-order chi connectivity index (χ1) is 11.9. The molecule has 0 bridgehead atoms. The molecule has 130 valence electrons. The third kappa shape index (κ3) is 3.85. The minimum Gasteiger partial charge on any atom is -0.482 e. The Morgan fingerprint density at radius 2 is 2.08 bits per heavy atom. The first-order valence-electron chi connectivity index (χ1n) is 7.45. The number of hydrogen-bond acceptors (Lipinski definition) is 3. The molecule has 0 atom stereocenters. The maximum atomic E-state index is 13.7. The smallest absolute Gasteiger partial charge is 0.321 e. The van der Waals surface area contributed by atoms with E-state index in [4.69, 9.17) is 4.74 Å². The molecule has 2 N–H and O–H groups in total. The van der Waals surface area contributed by atoms with Crippen molar-refractivity contribution in [2.24, 2.45) is 0 Å². The van der Waals surface area contributed by atoms with E-state index in [2.05, 4.69) is 10.6 Å². The van der Waals surface area contributed by atoms with Gasteiger partial charge in [-0.15, -0.1) is 0 Å². The van der Waals surface area contributed by atoms with E-state index in [1.807, 2.05) is 0 Å². The van der Waals surface area contributed by atoms with E-state index < -0.39 is 17.7 Å². The summed E-state index contributed by atoms with van der Waals surface area (Å²) in [6, 6.07) is 7.54. The zero-order valence-electron chi connectivity index (χ0n) is 13.3. The van der Waals surface area contributed by atoms with Crippen molar-refractivity contribution in [2.75, 3.05) is 24.3 Å². The summed E-state index contributed by atoms with van der Waals surface area (Å²) in [6.45, 7) is -0.108. The lowest BCUT2D eigenvalue weighted by atomic mass is 10.2. The summed E-state index contributed by atoms with van der Waals surface area (Å²) in [7, 11) is 1.49. The highest BCUT2D eigenvalue weighted by Gasteiger charge is 2.17. The van der Waals surface area contributed by atoms with Crippen LogP contribution in [0.15, 0.2) is 36.4 Å². The highest BCUT2D eigenvalue weighted by atomic mass is 19.1. The fourth-order valence-electron chi connectivity index (χ4n) is 2.35. The van der Waals surface area contributed by atoms with Crippen molar-refractivity contribution in [3.05, 3.63) is 53.6 Å². The van der Waals surface area contributed by atoms with Gasteiger partial charge in [-0.25, -0.2) is 13.6 Å². The first-order valence-corrected chi connectivity index (χ1v) is 7.45. The summed E-state index contributed by atoms with van der Waals surface area (Å²) in [5.41, 5.74) is 1.19. The van der Waals surface area contributed by atoms with Crippen molar-refractivity contribution in [3.63, 3.8) is 0 Å². The predicted molar refractivity (Wildman–Crippen MR) is 87.4 cm³/mol. The van der Waals surface area contributed by atoms with Gasteiger partial charge in [0, 0.05) is 37.0 Å². The number of ether oxygens (including phenoxy) is 1. The molecule has 3 rings (SSSR count). The minimum absolute atomic E-state index is 0.0184. The van der Waals surface area contributed by atoms with E-state index in [9.17, 15) is 18.4 Å². The summed E-state index contributed by atoms with van der Waals surface area (Å²) in [5, 5.41) is 5.30. The van der Waals surface area contributed by atoms with Crippen LogP contribution in [-0.2, 0) is 11.3 Å². The van der Waals surface area contributed by atoms with Gasteiger partial charge in [0.2, 0.25) is 0 Å². The molecule has 6 nitrogen and oxygen atoms in total. The summed E-state index contributed by atoms with van der Waals surface area (Å²) >= 11 is 0. The third-order valence-corrected chi connectivity index (χ3v) is 3.64. The normalized spacial score (nSPS) is 12.7. The molecule has 0 saturated carbocycles. The number of fused-ring (bicyclic) bond motifs is 1. The Morgan fingerprint density at radius 1 is 1.28 bits per heavy atom. The average Bonchev–Trinajstić information content (AvgIpc) is 2.57. The second kappa shape index (κ2) is 6.76. The number of rotatable bonds is 3. The number of carbonyl (C=O) groups is 2. The number of carbonyl (C=O) groups excluding carboxylic acids is 2. The van der Waals surface area contributed by atoms with Crippen LogP contribution in [0.5, 0.6) is 5.75 Å². The zero-order valence-corrected chi connectivity index (χ0v) is 13.3. The molecule has 2 aromatic carbocycles. The topological polar surface area (TPSA) is 70.7 Å². The van der Waals surface area contributed by atoms with E-state index in [0.29, 0.717) is 17.1 Å². The molecule has 2 aromatic rings. The number of amides is 3. The Bertz CT molecular complexity index is 842. The Morgan fingerprint density at radius 3 is 2.84 bits per heavy atom. The van der Waals surface area contributed by atoms with Crippen molar-refractivity contribution in [1.29, 1.82) is 0 Å². The number of halogens is 2. The summed E-state index contributed by atoms with van der Waals surface area (Å²) in [4.78, 5) is 24.7. The molecule has 0 aliphatic carbocycles. The standard InChI is InChI=1S/C17H15F2N3O3/c1-22(8-10-2-3-11(18)6-13(10)19)17(24)20-12-4-5-14-15(7-12)25-9-16(23)21-14/h2-7H,8-9H2,1H3,(H,20,24)(H,21,23). The second-order valence-electron chi connectivity index (χ2n) is 5.57. The molecule has 0 spiro atoms. The molecule has 0 saturated heterocycles. The number of benzene rings is 2. The van der Waals surface area contributed by atoms with Gasteiger partial charge in [0.1, 0.15) is 17.4 Å². The van der Waals surface area contributed by atoms with Crippen molar-refractivity contribution >= 4 is 23.3 Å². The van der Waals surface area contributed by atoms with Gasteiger partial charge in [0.25, 0.3) is 5.91 Å². The Kier molecular flexibility index (Phi) is 4.51. The molecular formula is C17H15F2N3O3. The van der Waals surface area contributed by atoms with Crippen LogP contribution in [0.1, 0.15) is 5.56 Å². The zero-order chi connectivity index (χ0) is 18.0. The summed E-state index contributed by atoms with van der Waals surface area (Å²) < 4.78 is 31.9. The van der Waals surface area contributed by atoms with Crippen LogP contribution in [0.3, 0.4) is 0 Å². The lowest BCUT2D eigenvalue weighted by Gasteiger charge is -2.21. The minimum atomic E-state index is -0.711. The summed E-state index contributed by atoms with van der Waals surface area (Å²) in [6.07, 6.45) is 0. The molecule has 0 unspecified atom stereocenters. The lowest BCUT2D eigenvalue weighted by molar-refractivity contribution is -0.118. The van der Waals surface area contributed by atoms with Gasteiger partial charge in [-0.3, -0.25) is 4.79 Å². The van der Waals surface area contributed by atoms with Crippen molar-refractivity contribution < 1.29 is 23.1 Å². The Labute approximate surface area is 142 Å². The van der Waals surface area contributed by atoms with E-state index in [1.165, 1.54) is 18.0 Å². The number of hydrogen-bond donors (Lipinski definition) is 2. The molecule has 8 heteroatoms. The number of anilines is 2. The second-order valence-corrected chi connectivity index (χ2v) is 5.57. The van der Waals surface area contributed by atoms with Crippen molar-refractivity contribution in [2.45, 2.75) is 6.54 Å². The first kappa shape index (κ1) is 16.7. The Hall–Kier alpha value is -3.16. The van der Waals surface area contributed by atoms with Gasteiger partial charge in [-0.2, -0.15) is 0 Å². The molecule has 0 radical (unpaired) electrons. The quantitative estimate of drug-likeness (QED) is 0.897. The maximum absolute atomic E-state index is 13.7. The van der Waals surface area contributed by atoms with Crippen LogP contribution in [-0.4, -0.2) is 30.5 Å². The monoisotopic (exact) mass is 347 g/mol. The molecule has 3 amide bonds. The molecular weight excluding hydrogens is 332 g/mol. The van der Waals surface area contributed by atoms with Crippen molar-refractivity contribution in [1.82, 2.24) is 4.90 Å².